The zero-order chi connectivity index (χ0) is 12.5. The Balaban J connectivity index is 1.91. The molecule has 0 saturated heterocycles. The molecule has 5 heteroatoms. The Morgan fingerprint density at radius 2 is 1.61 bits per heavy atom. The van der Waals surface area contributed by atoms with Crippen LogP contribution in [0.5, 0.6) is 0 Å². The summed E-state index contributed by atoms with van der Waals surface area (Å²) in [7, 11) is 0. The summed E-state index contributed by atoms with van der Waals surface area (Å²) in [6.07, 6.45) is 12.5. The first-order chi connectivity index (χ1) is 8.95. The Kier molecular flexibility index (Phi) is 5.96. The zero-order valence-corrected chi connectivity index (χ0v) is 11.1. The normalized spacial score (nSPS) is 31.8. The van der Waals surface area contributed by atoms with Gasteiger partial charge in [0.25, 0.3) is 0 Å². The number of hydrogen-bond acceptors (Lipinski definition) is 5. The highest BCUT2D eigenvalue weighted by Crippen LogP contribution is 2.27. The van der Waals surface area contributed by atoms with E-state index < -0.39 is 0 Å². The minimum atomic E-state index is 0.762. The average molecular weight is 249 g/mol. The SMILES string of the molecule is C1CCCN=N/N=N\N=C2\CCCC(CCC1)C2. The van der Waals surface area contributed by atoms with E-state index >= 15 is 0 Å². The Hall–Kier alpha value is -1.13. The van der Waals surface area contributed by atoms with E-state index in [1.54, 1.807) is 0 Å². The van der Waals surface area contributed by atoms with Gasteiger partial charge < -0.3 is 0 Å². The number of rotatable bonds is 0. The predicted molar refractivity (Wildman–Crippen MR) is 71.7 cm³/mol. The van der Waals surface area contributed by atoms with E-state index in [1.807, 2.05) is 0 Å². The lowest BCUT2D eigenvalue weighted by molar-refractivity contribution is 0.406. The highest BCUT2D eigenvalue weighted by atomic mass is 15.5. The quantitative estimate of drug-likeness (QED) is 0.597. The van der Waals surface area contributed by atoms with Gasteiger partial charge in [0.2, 0.25) is 0 Å². The maximum atomic E-state index is 4.18. The fourth-order valence-electron chi connectivity index (χ4n) is 2.79. The summed E-state index contributed by atoms with van der Waals surface area (Å²) in [5.41, 5.74) is 1.19. The monoisotopic (exact) mass is 249 g/mol. The van der Waals surface area contributed by atoms with Gasteiger partial charge in [0.15, 0.2) is 0 Å². The van der Waals surface area contributed by atoms with Gasteiger partial charge in [-0.2, -0.15) is 5.11 Å². The minimum absolute atomic E-state index is 0.762. The highest BCUT2D eigenvalue weighted by Gasteiger charge is 2.17. The van der Waals surface area contributed by atoms with E-state index in [0.29, 0.717) is 0 Å². The van der Waals surface area contributed by atoms with Crippen LogP contribution in [0.25, 0.3) is 0 Å². The maximum Gasteiger partial charge on any atom is 0.0621 e. The second-order valence-corrected chi connectivity index (χ2v) is 5.32. The number of nitrogens with zero attached hydrogens (tertiary/aromatic N) is 5. The molecule has 1 heterocycles. The molecule has 2 rings (SSSR count). The van der Waals surface area contributed by atoms with Crippen molar-refractivity contribution in [3.05, 3.63) is 0 Å². The van der Waals surface area contributed by atoms with E-state index in [-0.39, 0.29) is 0 Å². The molecule has 1 saturated carbocycles. The third-order valence-corrected chi connectivity index (χ3v) is 3.80. The van der Waals surface area contributed by atoms with Crippen LogP contribution in [0.2, 0.25) is 0 Å². The van der Waals surface area contributed by atoms with Crippen molar-refractivity contribution in [2.45, 2.75) is 64.2 Å². The van der Waals surface area contributed by atoms with Crippen molar-refractivity contribution in [1.82, 2.24) is 0 Å². The van der Waals surface area contributed by atoms with Gasteiger partial charge in [0.1, 0.15) is 0 Å². The largest absolute Gasteiger partial charge is 0.167 e. The molecule has 0 radical (unpaired) electrons. The number of fused-ring (bicyclic) bond motifs is 2. The molecule has 100 valence electrons. The van der Waals surface area contributed by atoms with Gasteiger partial charge in [0.05, 0.1) is 6.54 Å². The molecule has 1 aliphatic carbocycles. The van der Waals surface area contributed by atoms with E-state index in [4.69, 9.17) is 0 Å². The summed E-state index contributed by atoms with van der Waals surface area (Å²) in [5.74, 6) is 0.819. The summed E-state index contributed by atoms with van der Waals surface area (Å²) >= 11 is 0. The molecule has 0 N–H and O–H groups in total. The smallest absolute Gasteiger partial charge is 0.0621 e. The molecule has 0 aromatic heterocycles. The molecule has 1 fully saturated rings. The van der Waals surface area contributed by atoms with Crippen molar-refractivity contribution in [1.29, 1.82) is 0 Å². The van der Waals surface area contributed by atoms with Crippen molar-refractivity contribution < 1.29 is 0 Å². The topological polar surface area (TPSA) is 61.8 Å². The molecule has 2 aliphatic rings. The second kappa shape index (κ2) is 8.06. The summed E-state index contributed by atoms with van der Waals surface area (Å²) in [6, 6.07) is 0. The van der Waals surface area contributed by atoms with E-state index in [2.05, 4.69) is 25.9 Å². The van der Waals surface area contributed by atoms with Crippen molar-refractivity contribution >= 4 is 5.71 Å². The van der Waals surface area contributed by atoms with Crippen molar-refractivity contribution in [3.63, 3.8) is 0 Å². The molecule has 18 heavy (non-hydrogen) atoms. The summed E-state index contributed by atoms with van der Waals surface area (Å²) in [6.45, 7) is 0.762. The third-order valence-electron chi connectivity index (χ3n) is 3.80. The van der Waals surface area contributed by atoms with Gasteiger partial charge in [-0.25, -0.2) is 0 Å². The molecule has 2 bridgehead atoms. The molecule has 0 amide bonds. The summed E-state index contributed by atoms with van der Waals surface area (Å²) in [5, 5.41) is 19.2. The van der Waals surface area contributed by atoms with Crippen LogP contribution in [0.3, 0.4) is 0 Å². The van der Waals surface area contributed by atoms with Gasteiger partial charge >= 0.3 is 0 Å². The molecular weight excluding hydrogens is 226 g/mol. The fraction of sp³-hybridized carbons (Fsp3) is 0.923. The Bertz CT molecular complexity index is 321. The van der Waals surface area contributed by atoms with Crippen molar-refractivity contribution in [3.8, 4) is 0 Å². The van der Waals surface area contributed by atoms with Crippen LogP contribution in [0.1, 0.15) is 64.2 Å². The summed E-state index contributed by atoms with van der Waals surface area (Å²) < 4.78 is 0. The standard InChI is InChI=1S/C13H23N5/c1-2-4-7-12-8-6-9-13(11-12)15-17-18-16-14-10-5-3-1/h12H,1-11H2/b15-13-,16-14?,18-17-. The van der Waals surface area contributed by atoms with Crippen molar-refractivity contribution in [2.75, 3.05) is 6.54 Å². The maximum absolute atomic E-state index is 4.18. The first-order valence-corrected chi connectivity index (χ1v) is 7.27. The van der Waals surface area contributed by atoms with Crippen LogP contribution in [0.4, 0.5) is 0 Å². The van der Waals surface area contributed by atoms with Crippen LogP contribution >= 0.6 is 0 Å². The Morgan fingerprint density at radius 1 is 0.778 bits per heavy atom. The van der Waals surface area contributed by atoms with E-state index in [1.165, 1.54) is 50.7 Å². The molecule has 0 aromatic rings. The molecule has 5 nitrogen and oxygen atoms in total. The second-order valence-electron chi connectivity index (χ2n) is 5.32. The Labute approximate surface area is 109 Å². The zero-order valence-electron chi connectivity index (χ0n) is 11.1. The molecule has 0 aromatic carbocycles. The molecule has 1 unspecified atom stereocenters. The van der Waals surface area contributed by atoms with Crippen LogP contribution in [-0.4, -0.2) is 12.3 Å². The van der Waals surface area contributed by atoms with Gasteiger partial charge in [-0.05, 0) is 53.7 Å². The third kappa shape index (κ3) is 5.02. The first-order valence-electron chi connectivity index (χ1n) is 7.27. The van der Waals surface area contributed by atoms with Crippen LogP contribution < -0.4 is 0 Å². The van der Waals surface area contributed by atoms with Crippen molar-refractivity contribution in [2.24, 2.45) is 31.8 Å². The molecule has 1 aliphatic heterocycles. The lowest BCUT2D eigenvalue weighted by atomic mass is 9.84. The lowest BCUT2D eigenvalue weighted by Crippen LogP contribution is -2.15. The van der Waals surface area contributed by atoms with Gasteiger partial charge in [0, 0.05) is 5.71 Å². The summed E-state index contributed by atoms with van der Waals surface area (Å²) in [4.78, 5) is 0. The first kappa shape index (κ1) is 13.3. The van der Waals surface area contributed by atoms with E-state index in [9.17, 15) is 0 Å². The Morgan fingerprint density at radius 3 is 2.61 bits per heavy atom. The number of hydrogen-bond donors (Lipinski definition) is 0. The fourth-order valence-corrected chi connectivity index (χ4v) is 2.79. The highest BCUT2D eigenvalue weighted by molar-refractivity contribution is 5.85. The average Bonchev–Trinajstić information content (AvgIpc) is 2.40. The molecular formula is C13H23N5. The molecule has 1 atom stereocenters. The van der Waals surface area contributed by atoms with Gasteiger partial charge in [-0.1, -0.05) is 32.1 Å². The van der Waals surface area contributed by atoms with Crippen LogP contribution in [-0.2, 0) is 0 Å². The van der Waals surface area contributed by atoms with Gasteiger partial charge in [-0.15, -0.1) is 5.10 Å². The lowest BCUT2D eigenvalue weighted by Gasteiger charge is -2.22. The predicted octanol–water partition coefficient (Wildman–Crippen LogP) is 4.71. The minimum Gasteiger partial charge on any atom is -0.167 e. The van der Waals surface area contributed by atoms with E-state index in [0.717, 1.165) is 31.7 Å². The molecule has 0 spiro atoms. The van der Waals surface area contributed by atoms with Crippen LogP contribution in [0.15, 0.2) is 25.9 Å². The van der Waals surface area contributed by atoms with Gasteiger partial charge in [-0.3, -0.25) is 0 Å². The van der Waals surface area contributed by atoms with Crippen LogP contribution in [0, 0.1) is 5.92 Å².